The molecule has 0 unspecified atom stereocenters. The molecule has 122 valence electrons. The van der Waals surface area contributed by atoms with Crippen LogP contribution in [0.2, 0.25) is 0 Å². The van der Waals surface area contributed by atoms with E-state index < -0.39 is 12.1 Å². The van der Waals surface area contributed by atoms with E-state index in [1.54, 1.807) is 0 Å². The van der Waals surface area contributed by atoms with Gasteiger partial charge in [0.2, 0.25) is 0 Å². The van der Waals surface area contributed by atoms with Crippen LogP contribution < -0.4 is 0 Å². The highest BCUT2D eigenvalue weighted by molar-refractivity contribution is 5.66. The SMILES string of the molecule is O=C(O)CCCN1CCCCC[C@@H]1C[C@H](O)c1ccccc1. The smallest absolute Gasteiger partial charge is 0.303 e. The second kappa shape index (κ2) is 8.91. The van der Waals surface area contributed by atoms with Crippen LogP contribution in [0.5, 0.6) is 0 Å². The molecule has 0 aromatic heterocycles. The number of carboxylic acids is 1. The Hall–Kier alpha value is -1.39. The van der Waals surface area contributed by atoms with Gasteiger partial charge in [0.1, 0.15) is 0 Å². The van der Waals surface area contributed by atoms with Crippen LogP contribution in [0.3, 0.4) is 0 Å². The van der Waals surface area contributed by atoms with Gasteiger partial charge in [0, 0.05) is 12.5 Å². The minimum absolute atomic E-state index is 0.227. The first-order valence-corrected chi connectivity index (χ1v) is 8.35. The Morgan fingerprint density at radius 1 is 1.23 bits per heavy atom. The van der Waals surface area contributed by atoms with Crippen LogP contribution in [0.4, 0.5) is 0 Å². The zero-order valence-electron chi connectivity index (χ0n) is 13.2. The van der Waals surface area contributed by atoms with Gasteiger partial charge in [0.15, 0.2) is 0 Å². The minimum atomic E-state index is -0.726. The number of hydrogen-bond donors (Lipinski definition) is 2. The zero-order chi connectivity index (χ0) is 15.8. The summed E-state index contributed by atoms with van der Waals surface area (Å²) in [6, 6.07) is 10.2. The van der Waals surface area contributed by atoms with Crippen LogP contribution in [-0.2, 0) is 4.79 Å². The molecule has 0 saturated carbocycles. The van der Waals surface area contributed by atoms with Gasteiger partial charge >= 0.3 is 5.97 Å². The molecular formula is C18H27NO3. The van der Waals surface area contributed by atoms with Crippen molar-refractivity contribution in [3.63, 3.8) is 0 Å². The van der Waals surface area contributed by atoms with Gasteiger partial charge in [-0.1, -0.05) is 43.2 Å². The van der Waals surface area contributed by atoms with E-state index in [1.165, 1.54) is 19.3 Å². The molecule has 1 heterocycles. The van der Waals surface area contributed by atoms with Crippen molar-refractivity contribution in [1.82, 2.24) is 4.90 Å². The molecule has 0 spiro atoms. The third-order valence-corrected chi connectivity index (χ3v) is 4.51. The summed E-state index contributed by atoms with van der Waals surface area (Å²) >= 11 is 0. The molecule has 1 aliphatic heterocycles. The molecule has 1 aromatic rings. The fourth-order valence-corrected chi connectivity index (χ4v) is 3.30. The van der Waals surface area contributed by atoms with Gasteiger partial charge in [0.05, 0.1) is 6.10 Å². The predicted octanol–water partition coefficient (Wildman–Crippen LogP) is 3.22. The van der Waals surface area contributed by atoms with Gasteiger partial charge in [-0.05, 0) is 44.3 Å². The largest absolute Gasteiger partial charge is 0.481 e. The Morgan fingerprint density at radius 2 is 2.00 bits per heavy atom. The van der Waals surface area contributed by atoms with Gasteiger partial charge in [-0.25, -0.2) is 0 Å². The first-order chi connectivity index (χ1) is 10.7. The van der Waals surface area contributed by atoms with E-state index in [0.717, 1.165) is 31.5 Å². The van der Waals surface area contributed by atoms with Crippen molar-refractivity contribution in [2.45, 2.75) is 57.1 Å². The molecule has 1 saturated heterocycles. The van der Waals surface area contributed by atoms with E-state index >= 15 is 0 Å². The van der Waals surface area contributed by atoms with Crippen molar-refractivity contribution < 1.29 is 15.0 Å². The van der Waals surface area contributed by atoms with Gasteiger partial charge in [-0.15, -0.1) is 0 Å². The highest BCUT2D eigenvalue weighted by Crippen LogP contribution is 2.26. The number of carboxylic acid groups (broad SMARTS) is 1. The fraction of sp³-hybridized carbons (Fsp3) is 0.611. The van der Waals surface area contributed by atoms with E-state index in [0.29, 0.717) is 12.5 Å². The lowest BCUT2D eigenvalue weighted by atomic mass is 9.98. The summed E-state index contributed by atoms with van der Waals surface area (Å²) in [5, 5.41) is 19.3. The fourth-order valence-electron chi connectivity index (χ4n) is 3.30. The van der Waals surface area contributed by atoms with E-state index in [9.17, 15) is 9.90 Å². The van der Waals surface area contributed by atoms with E-state index in [4.69, 9.17) is 5.11 Å². The maximum Gasteiger partial charge on any atom is 0.303 e. The molecule has 2 rings (SSSR count). The van der Waals surface area contributed by atoms with Crippen LogP contribution >= 0.6 is 0 Å². The second-order valence-electron chi connectivity index (χ2n) is 6.20. The maximum absolute atomic E-state index is 10.7. The maximum atomic E-state index is 10.7. The third kappa shape index (κ3) is 5.43. The lowest BCUT2D eigenvalue weighted by molar-refractivity contribution is -0.137. The lowest BCUT2D eigenvalue weighted by Gasteiger charge is -2.31. The van der Waals surface area contributed by atoms with Crippen LogP contribution in [-0.4, -0.2) is 40.2 Å². The monoisotopic (exact) mass is 305 g/mol. The highest BCUT2D eigenvalue weighted by Gasteiger charge is 2.24. The molecule has 2 N–H and O–H groups in total. The highest BCUT2D eigenvalue weighted by atomic mass is 16.4. The van der Waals surface area contributed by atoms with Crippen LogP contribution in [0, 0.1) is 0 Å². The van der Waals surface area contributed by atoms with Crippen molar-refractivity contribution in [2.75, 3.05) is 13.1 Å². The number of hydrogen-bond acceptors (Lipinski definition) is 3. The summed E-state index contributed by atoms with van der Waals surface area (Å²) in [5.74, 6) is -0.726. The topological polar surface area (TPSA) is 60.8 Å². The number of nitrogens with zero attached hydrogens (tertiary/aromatic N) is 1. The number of rotatable bonds is 7. The molecule has 0 amide bonds. The number of aliphatic hydroxyl groups excluding tert-OH is 1. The summed E-state index contributed by atoms with van der Waals surface area (Å²) in [6.07, 6.45) is 5.90. The predicted molar refractivity (Wildman–Crippen MR) is 86.7 cm³/mol. The number of aliphatic hydroxyl groups is 1. The first-order valence-electron chi connectivity index (χ1n) is 8.35. The second-order valence-corrected chi connectivity index (χ2v) is 6.20. The zero-order valence-corrected chi connectivity index (χ0v) is 13.2. The standard InChI is InChI=1S/C18H27NO3/c20-17(15-8-3-1-4-9-15)14-16-10-5-2-6-12-19(16)13-7-11-18(21)22/h1,3-4,8-9,16-17,20H,2,5-7,10-14H2,(H,21,22)/t16-,17+/m1/s1. The molecule has 0 radical (unpaired) electrons. The molecule has 4 heteroatoms. The Kier molecular flexibility index (Phi) is 6.87. The van der Waals surface area contributed by atoms with Crippen molar-refractivity contribution in [3.8, 4) is 0 Å². The molecular weight excluding hydrogens is 278 g/mol. The minimum Gasteiger partial charge on any atom is -0.481 e. The third-order valence-electron chi connectivity index (χ3n) is 4.51. The van der Waals surface area contributed by atoms with Gasteiger partial charge in [-0.2, -0.15) is 0 Å². The van der Waals surface area contributed by atoms with Crippen LogP contribution in [0.1, 0.15) is 56.6 Å². The van der Waals surface area contributed by atoms with Crippen molar-refractivity contribution in [1.29, 1.82) is 0 Å². The molecule has 0 bridgehead atoms. The Bertz CT molecular complexity index is 449. The van der Waals surface area contributed by atoms with Crippen molar-refractivity contribution in [2.24, 2.45) is 0 Å². The average molecular weight is 305 g/mol. The summed E-state index contributed by atoms with van der Waals surface area (Å²) in [7, 11) is 0. The summed E-state index contributed by atoms with van der Waals surface area (Å²) in [5.41, 5.74) is 0.970. The Morgan fingerprint density at radius 3 is 2.73 bits per heavy atom. The number of aliphatic carboxylic acids is 1. The number of benzene rings is 1. The molecule has 22 heavy (non-hydrogen) atoms. The number of likely N-dealkylation sites (tertiary alicyclic amines) is 1. The molecule has 1 aromatic carbocycles. The van der Waals surface area contributed by atoms with Gasteiger partial charge < -0.3 is 15.1 Å². The quantitative estimate of drug-likeness (QED) is 0.812. The Labute approximate surface area is 132 Å². The van der Waals surface area contributed by atoms with Crippen LogP contribution in [0.25, 0.3) is 0 Å². The summed E-state index contributed by atoms with van der Waals surface area (Å²) in [4.78, 5) is 13.1. The van der Waals surface area contributed by atoms with E-state index in [2.05, 4.69) is 4.90 Å². The first kappa shape index (κ1) is 17.0. The molecule has 4 nitrogen and oxygen atoms in total. The number of carbonyl (C=O) groups is 1. The normalized spacial score (nSPS) is 21.2. The molecule has 1 fully saturated rings. The summed E-state index contributed by atoms with van der Waals surface area (Å²) < 4.78 is 0. The average Bonchev–Trinajstić information content (AvgIpc) is 2.73. The molecule has 0 aliphatic carbocycles. The van der Waals surface area contributed by atoms with Crippen molar-refractivity contribution >= 4 is 5.97 Å². The van der Waals surface area contributed by atoms with Gasteiger partial charge in [0.25, 0.3) is 0 Å². The van der Waals surface area contributed by atoms with E-state index in [-0.39, 0.29) is 6.42 Å². The van der Waals surface area contributed by atoms with Gasteiger partial charge in [-0.3, -0.25) is 4.79 Å². The molecule has 1 aliphatic rings. The van der Waals surface area contributed by atoms with Crippen molar-refractivity contribution in [3.05, 3.63) is 35.9 Å². The lowest BCUT2D eigenvalue weighted by Crippen LogP contribution is -2.37. The summed E-state index contributed by atoms with van der Waals surface area (Å²) in [6.45, 7) is 1.84. The van der Waals surface area contributed by atoms with E-state index in [1.807, 2.05) is 30.3 Å². The Balaban J connectivity index is 1.93. The van der Waals surface area contributed by atoms with Crippen LogP contribution in [0.15, 0.2) is 30.3 Å². The molecule has 2 atom stereocenters.